The summed E-state index contributed by atoms with van der Waals surface area (Å²) < 4.78 is 37.7. The molecule has 1 N–H and O–H groups in total. The van der Waals surface area contributed by atoms with Crippen molar-refractivity contribution in [2.24, 2.45) is 0 Å². The van der Waals surface area contributed by atoms with Crippen LogP contribution < -0.4 is 0 Å². The third-order valence-electron chi connectivity index (χ3n) is 3.53. The van der Waals surface area contributed by atoms with E-state index in [1.165, 1.54) is 23.9 Å². The van der Waals surface area contributed by atoms with Crippen LogP contribution in [-0.2, 0) is 11.0 Å². The minimum Gasteiger partial charge on any atom is -0.481 e. The van der Waals surface area contributed by atoms with Gasteiger partial charge in [-0.1, -0.05) is 12.8 Å². The fraction of sp³-hybridized carbons (Fsp3) is 0.533. The molecule has 2 nitrogen and oxygen atoms in total. The van der Waals surface area contributed by atoms with Crippen LogP contribution in [0.3, 0.4) is 0 Å². The smallest absolute Gasteiger partial charge is 0.416 e. The number of halogens is 3. The zero-order valence-electron chi connectivity index (χ0n) is 11.8. The minimum atomic E-state index is -4.31. The highest BCUT2D eigenvalue weighted by Crippen LogP contribution is 2.40. The van der Waals surface area contributed by atoms with Gasteiger partial charge >= 0.3 is 12.1 Å². The largest absolute Gasteiger partial charge is 0.481 e. The molecule has 0 aromatic heterocycles. The quantitative estimate of drug-likeness (QED) is 0.817. The number of hydrogen-bond donors (Lipinski definition) is 1. The summed E-state index contributed by atoms with van der Waals surface area (Å²) >= 11 is 3.00. The number of alkyl halides is 3. The summed E-state index contributed by atoms with van der Waals surface area (Å²) in [5.41, 5.74) is -0.641. The van der Waals surface area contributed by atoms with Crippen LogP contribution in [0.25, 0.3) is 0 Å². The van der Waals surface area contributed by atoms with Crippen molar-refractivity contribution < 1.29 is 23.1 Å². The van der Waals surface area contributed by atoms with E-state index in [1.54, 1.807) is 11.8 Å². The Morgan fingerprint density at radius 2 is 1.73 bits per heavy atom. The molecule has 0 aliphatic heterocycles. The molecule has 0 saturated heterocycles. The maximum Gasteiger partial charge on any atom is 0.416 e. The monoisotopic (exact) mass is 350 g/mol. The van der Waals surface area contributed by atoms with Crippen molar-refractivity contribution in [3.8, 4) is 0 Å². The van der Waals surface area contributed by atoms with Gasteiger partial charge in [-0.15, -0.1) is 23.5 Å². The Kier molecular flexibility index (Phi) is 6.09. The first-order valence-corrected chi connectivity index (χ1v) is 8.96. The van der Waals surface area contributed by atoms with Crippen LogP contribution in [0.15, 0.2) is 29.2 Å². The van der Waals surface area contributed by atoms with Crippen molar-refractivity contribution in [3.63, 3.8) is 0 Å². The summed E-state index contributed by atoms with van der Waals surface area (Å²) in [7, 11) is 0. The SMILES string of the molecule is O=C(O)CSC1CCCCC1Sc1ccc(C(F)(F)F)cc1. The second-order valence-electron chi connectivity index (χ2n) is 5.21. The van der Waals surface area contributed by atoms with Gasteiger partial charge in [-0.3, -0.25) is 4.79 Å². The molecule has 22 heavy (non-hydrogen) atoms. The first-order valence-electron chi connectivity index (χ1n) is 7.03. The molecule has 122 valence electrons. The third-order valence-corrected chi connectivity index (χ3v) is 6.52. The van der Waals surface area contributed by atoms with Crippen molar-refractivity contribution in [2.45, 2.75) is 47.3 Å². The topological polar surface area (TPSA) is 37.3 Å². The van der Waals surface area contributed by atoms with Crippen molar-refractivity contribution in [1.29, 1.82) is 0 Å². The summed E-state index contributed by atoms with van der Waals surface area (Å²) in [5, 5.41) is 9.30. The summed E-state index contributed by atoms with van der Waals surface area (Å²) in [6.45, 7) is 0. The van der Waals surface area contributed by atoms with E-state index in [0.717, 1.165) is 42.7 Å². The second kappa shape index (κ2) is 7.64. The van der Waals surface area contributed by atoms with Gasteiger partial charge in [0.15, 0.2) is 0 Å². The molecular weight excluding hydrogens is 333 g/mol. The van der Waals surface area contributed by atoms with E-state index in [-0.39, 0.29) is 16.3 Å². The minimum absolute atomic E-state index is 0.0781. The first kappa shape index (κ1) is 17.5. The first-order chi connectivity index (χ1) is 10.4. The van der Waals surface area contributed by atoms with Crippen molar-refractivity contribution in [3.05, 3.63) is 29.8 Å². The van der Waals surface area contributed by atoms with Crippen LogP contribution in [-0.4, -0.2) is 27.3 Å². The zero-order chi connectivity index (χ0) is 16.2. The molecule has 7 heteroatoms. The number of carboxylic acids is 1. The van der Waals surface area contributed by atoms with E-state index >= 15 is 0 Å². The fourth-order valence-electron chi connectivity index (χ4n) is 2.46. The normalized spacial score (nSPS) is 22.5. The number of thioether (sulfide) groups is 2. The molecule has 1 aromatic carbocycles. The average Bonchev–Trinajstić information content (AvgIpc) is 2.46. The molecular formula is C15H17F3O2S2. The molecule has 1 saturated carbocycles. The van der Waals surface area contributed by atoms with E-state index in [0.29, 0.717) is 0 Å². The van der Waals surface area contributed by atoms with Gasteiger partial charge in [-0.2, -0.15) is 13.2 Å². The third kappa shape index (κ3) is 5.12. The summed E-state index contributed by atoms with van der Waals surface area (Å²) in [6, 6.07) is 5.21. The Bertz CT molecular complexity index is 503. The lowest BCUT2D eigenvalue weighted by atomic mass is 10.00. The van der Waals surface area contributed by atoms with Gasteiger partial charge in [-0.05, 0) is 37.1 Å². The molecule has 2 atom stereocenters. The Hall–Kier alpha value is -0.820. The Morgan fingerprint density at radius 3 is 2.27 bits per heavy atom. The highest BCUT2D eigenvalue weighted by Gasteiger charge is 2.31. The number of rotatable bonds is 5. The molecule has 0 heterocycles. The molecule has 0 radical (unpaired) electrons. The average molecular weight is 350 g/mol. The number of hydrogen-bond acceptors (Lipinski definition) is 3. The maximum atomic E-state index is 12.6. The maximum absolute atomic E-state index is 12.6. The van der Waals surface area contributed by atoms with Crippen LogP contribution in [0.1, 0.15) is 31.2 Å². The van der Waals surface area contributed by atoms with Gasteiger partial charge in [0.2, 0.25) is 0 Å². The standard InChI is InChI=1S/C15H17F3O2S2/c16-15(17,18)10-5-7-11(8-6-10)22-13-4-2-1-3-12(13)21-9-14(19)20/h5-8,12-13H,1-4,9H2,(H,19,20). The van der Waals surface area contributed by atoms with Crippen LogP contribution in [0, 0.1) is 0 Å². The van der Waals surface area contributed by atoms with Gasteiger partial charge in [0.05, 0.1) is 11.3 Å². The summed E-state index contributed by atoms with van der Waals surface area (Å²) in [5.74, 6) is -0.747. The predicted octanol–water partition coefficient (Wildman–Crippen LogP) is 4.93. The van der Waals surface area contributed by atoms with Crippen LogP contribution >= 0.6 is 23.5 Å². The van der Waals surface area contributed by atoms with E-state index < -0.39 is 17.7 Å². The molecule has 0 spiro atoms. The molecule has 1 aliphatic carbocycles. The van der Waals surface area contributed by atoms with Crippen LogP contribution in [0.4, 0.5) is 13.2 Å². The molecule has 2 rings (SSSR count). The molecule has 2 unspecified atom stereocenters. The van der Waals surface area contributed by atoms with E-state index in [4.69, 9.17) is 5.11 Å². The number of carbonyl (C=O) groups is 1. The van der Waals surface area contributed by atoms with Gasteiger partial charge in [-0.25, -0.2) is 0 Å². The van der Waals surface area contributed by atoms with Crippen molar-refractivity contribution in [1.82, 2.24) is 0 Å². The van der Waals surface area contributed by atoms with Gasteiger partial charge in [0, 0.05) is 15.4 Å². The predicted molar refractivity (Wildman–Crippen MR) is 83.4 cm³/mol. The number of benzene rings is 1. The Labute approximate surface area is 135 Å². The Balaban J connectivity index is 1.99. The summed E-state index contributed by atoms with van der Waals surface area (Å²) in [4.78, 5) is 11.5. The lowest BCUT2D eigenvalue weighted by Gasteiger charge is -2.30. The molecule has 1 aromatic rings. The molecule has 1 aliphatic rings. The second-order valence-corrected chi connectivity index (χ2v) is 7.75. The number of carboxylic acid groups (broad SMARTS) is 1. The van der Waals surface area contributed by atoms with Gasteiger partial charge < -0.3 is 5.11 Å². The molecule has 0 amide bonds. The molecule has 1 fully saturated rings. The highest BCUT2D eigenvalue weighted by molar-refractivity contribution is 8.04. The fourth-order valence-corrected chi connectivity index (χ4v) is 5.12. The molecule has 0 bridgehead atoms. The lowest BCUT2D eigenvalue weighted by Crippen LogP contribution is -2.25. The Morgan fingerprint density at radius 1 is 1.14 bits per heavy atom. The lowest BCUT2D eigenvalue weighted by molar-refractivity contribution is -0.137. The van der Waals surface area contributed by atoms with Crippen molar-refractivity contribution in [2.75, 3.05) is 5.75 Å². The van der Waals surface area contributed by atoms with E-state index in [2.05, 4.69) is 0 Å². The zero-order valence-corrected chi connectivity index (χ0v) is 13.4. The van der Waals surface area contributed by atoms with Crippen LogP contribution in [0.2, 0.25) is 0 Å². The van der Waals surface area contributed by atoms with E-state index in [9.17, 15) is 18.0 Å². The number of aliphatic carboxylic acids is 1. The van der Waals surface area contributed by atoms with Crippen molar-refractivity contribution >= 4 is 29.5 Å². The van der Waals surface area contributed by atoms with Gasteiger partial charge in [0.1, 0.15) is 0 Å². The highest BCUT2D eigenvalue weighted by atomic mass is 32.2. The summed E-state index contributed by atoms with van der Waals surface area (Å²) in [6.07, 6.45) is -0.197. The van der Waals surface area contributed by atoms with Gasteiger partial charge in [0.25, 0.3) is 0 Å². The van der Waals surface area contributed by atoms with E-state index in [1.807, 2.05) is 0 Å². The van der Waals surface area contributed by atoms with Crippen LogP contribution in [0.5, 0.6) is 0 Å².